The molecule has 0 aliphatic rings. The lowest BCUT2D eigenvalue weighted by molar-refractivity contribution is -0.137. The van der Waals surface area contributed by atoms with Gasteiger partial charge in [0.1, 0.15) is 4.99 Å². The molecule has 5 nitrogen and oxygen atoms in total. The number of nitrogens with zero attached hydrogens (tertiary/aromatic N) is 2. The lowest BCUT2D eigenvalue weighted by Gasteiger charge is -2.14. The van der Waals surface area contributed by atoms with Crippen LogP contribution in [0.5, 0.6) is 0 Å². The first-order chi connectivity index (χ1) is 9.77. The van der Waals surface area contributed by atoms with Crippen LogP contribution < -0.4 is 11.1 Å². The fraction of sp³-hybridized carbons (Fsp3) is 0.250. The maximum atomic E-state index is 12.8. The summed E-state index contributed by atoms with van der Waals surface area (Å²) in [5.74, 6) is 0.798. The van der Waals surface area contributed by atoms with Crippen LogP contribution in [0.3, 0.4) is 0 Å². The number of alkyl halides is 3. The van der Waals surface area contributed by atoms with Gasteiger partial charge in [0.2, 0.25) is 5.89 Å². The average molecular weight is 316 g/mol. The van der Waals surface area contributed by atoms with Crippen LogP contribution in [0.1, 0.15) is 22.8 Å². The number of hydrogen-bond acceptors (Lipinski definition) is 5. The molecule has 1 aromatic carbocycles. The van der Waals surface area contributed by atoms with Gasteiger partial charge in [-0.05, 0) is 25.1 Å². The number of nitrogens with one attached hydrogen (secondary N) is 1. The number of thiocarbonyl (C=S) groups is 1. The first kappa shape index (κ1) is 15.2. The molecule has 0 radical (unpaired) electrons. The summed E-state index contributed by atoms with van der Waals surface area (Å²) in [5, 5.41) is 6.47. The number of rotatable bonds is 4. The topological polar surface area (TPSA) is 77.0 Å². The van der Waals surface area contributed by atoms with Crippen molar-refractivity contribution in [1.82, 2.24) is 10.1 Å². The highest BCUT2D eigenvalue weighted by Crippen LogP contribution is 2.33. The fourth-order valence-electron chi connectivity index (χ4n) is 1.69. The molecule has 2 aromatic rings. The summed E-state index contributed by atoms with van der Waals surface area (Å²) in [7, 11) is 0. The molecule has 0 spiro atoms. The molecular formula is C12H11F3N4OS. The van der Waals surface area contributed by atoms with Crippen molar-refractivity contribution < 1.29 is 17.7 Å². The summed E-state index contributed by atoms with van der Waals surface area (Å²) in [5.41, 5.74) is 4.67. The number of halogens is 3. The average Bonchev–Trinajstić information content (AvgIpc) is 2.80. The van der Waals surface area contributed by atoms with Gasteiger partial charge >= 0.3 is 6.18 Å². The molecule has 3 N–H and O–H groups in total. The molecule has 0 saturated carbocycles. The van der Waals surface area contributed by atoms with Gasteiger partial charge in [-0.15, -0.1) is 0 Å². The normalized spacial score (nSPS) is 11.4. The Balaban J connectivity index is 2.22. The van der Waals surface area contributed by atoms with E-state index in [4.69, 9.17) is 10.3 Å². The highest BCUT2D eigenvalue weighted by Gasteiger charge is 2.34. The van der Waals surface area contributed by atoms with Crippen LogP contribution in [-0.2, 0) is 12.7 Å². The second-order valence-electron chi connectivity index (χ2n) is 4.21. The van der Waals surface area contributed by atoms with Gasteiger partial charge in [0.25, 0.3) is 0 Å². The van der Waals surface area contributed by atoms with Gasteiger partial charge in [0, 0.05) is 11.3 Å². The summed E-state index contributed by atoms with van der Waals surface area (Å²) >= 11 is 4.67. The molecule has 9 heteroatoms. The van der Waals surface area contributed by atoms with Gasteiger partial charge < -0.3 is 15.6 Å². The molecule has 0 atom stereocenters. The number of aromatic nitrogens is 2. The Morgan fingerprint density at radius 1 is 1.43 bits per heavy atom. The third-order valence-corrected chi connectivity index (χ3v) is 2.82. The predicted molar refractivity (Wildman–Crippen MR) is 73.7 cm³/mol. The van der Waals surface area contributed by atoms with Crippen LogP contribution in [0.25, 0.3) is 0 Å². The van der Waals surface area contributed by atoms with Crippen molar-refractivity contribution in [2.75, 3.05) is 5.32 Å². The second-order valence-corrected chi connectivity index (χ2v) is 4.65. The molecule has 0 saturated heterocycles. The molecule has 1 heterocycles. The van der Waals surface area contributed by atoms with Crippen molar-refractivity contribution in [3.63, 3.8) is 0 Å². The number of nitrogens with two attached hydrogens (primary N) is 1. The number of aryl methyl sites for hydroxylation is 1. The molecule has 21 heavy (non-hydrogen) atoms. The van der Waals surface area contributed by atoms with Gasteiger partial charge in [-0.2, -0.15) is 18.2 Å². The van der Waals surface area contributed by atoms with Crippen molar-refractivity contribution in [2.45, 2.75) is 19.6 Å². The largest absolute Gasteiger partial charge is 0.417 e. The van der Waals surface area contributed by atoms with E-state index < -0.39 is 11.7 Å². The van der Waals surface area contributed by atoms with Crippen LogP contribution in [0, 0.1) is 6.92 Å². The monoisotopic (exact) mass is 316 g/mol. The summed E-state index contributed by atoms with van der Waals surface area (Å²) in [6, 6.07) is 3.46. The minimum absolute atomic E-state index is 0.184. The SMILES string of the molecule is Cc1noc(CNc2ccc(C(F)(F)F)c(C(N)=S)c2)n1. The summed E-state index contributed by atoms with van der Waals surface area (Å²) in [4.78, 5) is 3.65. The third-order valence-electron chi connectivity index (χ3n) is 2.60. The number of anilines is 1. The lowest BCUT2D eigenvalue weighted by atomic mass is 10.1. The van der Waals surface area contributed by atoms with E-state index in [9.17, 15) is 13.2 Å². The van der Waals surface area contributed by atoms with Crippen LogP contribution in [-0.4, -0.2) is 15.1 Å². The Kier molecular flexibility index (Phi) is 4.12. The zero-order chi connectivity index (χ0) is 15.6. The molecule has 1 aromatic heterocycles. The van der Waals surface area contributed by atoms with E-state index in [1.807, 2.05) is 0 Å². The number of benzene rings is 1. The summed E-state index contributed by atoms with van der Waals surface area (Å²) in [6.45, 7) is 1.85. The van der Waals surface area contributed by atoms with Crippen molar-refractivity contribution in [1.29, 1.82) is 0 Å². The van der Waals surface area contributed by atoms with Gasteiger partial charge in [-0.3, -0.25) is 0 Å². The third kappa shape index (κ3) is 3.69. The standard InChI is InChI=1S/C12H11F3N4OS/c1-6-18-10(20-19-6)5-17-7-2-3-9(12(13,14)15)8(4-7)11(16)21/h2-4,17H,5H2,1H3,(H2,16,21). The fourth-order valence-corrected chi connectivity index (χ4v) is 1.86. The maximum absolute atomic E-state index is 12.8. The zero-order valence-corrected chi connectivity index (χ0v) is 11.7. The maximum Gasteiger partial charge on any atom is 0.417 e. The van der Waals surface area contributed by atoms with Crippen molar-refractivity contribution in [2.24, 2.45) is 5.73 Å². The lowest BCUT2D eigenvalue weighted by Crippen LogP contribution is -2.18. The van der Waals surface area contributed by atoms with E-state index in [0.29, 0.717) is 17.4 Å². The van der Waals surface area contributed by atoms with Gasteiger partial charge in [-0.25, -0.2) is 0 Å². The van der Waals surface area contributed by atoms with Gasteiger partial charge in [-0.1, -0.05) is 17.4 Å². The van der Waals surface area contributed by atoms with Crippen LogP contribution in [0.2, 0.25) is 0 Å². The molecule has 0 fully saturated rings. The van der Waals surface area contributed by atoms with Crippen molar-refractivity contribution in [3.8, 4) is 0 Å². The molecular weight excluding hydrogens is 305 g/mol. The summed E-state index contributed by atoms with van der Waals surface area (Å²) in [6.07, 6.45) is -4.51. The first-order valence-electron chi connectivity index (χ1n) is 5.81. The summed E-state index contributed by atoms with van der Waals surface area (Å²) < 4.78 is 43.4. The van der Waals surface area contributed by atoms with E-state index in [2.05, 4.69) is 27.7 Å². The smallest absolute Gasteiger partial charge is 0.389 e. The molecule has 0 unspecified atom stereocenters. The molecule has 0 amide bonds. The van der Waals surface area contributed by atoms with Crippen LogP contribution >= 0.6 is 12.2 Å². The Labute approximate surface area is 123 Å². The van der Waals surface area contributed by atoms with E-state index in [-0.39, 0.29) is 17.1 Å². The Hall–Kier alpha value is -2.16. The molecule has 0 aliphatic heterocycles. The molecule has 2 rings (SSSR count). The van der Waals surface area contributed by atoms with E-state index in [1.54, 1.807) is 6.92 Å². The second kappa shape index (κ2) is 5.68. The molecule has 112 valence electrons. The van der Waals surface area contributed by atoms with Crippen LogP contribution in [0.4, 0.5) is 18.9 Å². The quantitative estimate of drug-likeness (QED) is 0.845. The number of hydrogen-bond donors (Lipinski definition) is 2. The Bertz CT molecular complexity index is 669. The van der Waals surface area contributed by atoms with E-state index >= 15 is 0 Å². The van der Waals surface area contributed by atoms with Gasteiger partial charge in [0.05, 0.1) is 12.1 Å². The van der Waals surface area contributed by atoms with Crippen molar-refractivity contribution >= 4 is 22.9 Å². The Morgan fingerprint density at radius 2 is 2.14 bits per heavy atom. The minimum Gasteiger partial charge on any atom is -0.389 e. The predicted octanol–water partition coefficient (Wildman–Crippen LogP) is 2.64. The zero-order valence-electron chi connectivity index (χ0n) is 10.9. The first-order valence-corrected chi connectivity index (χ1v) is 6.22. The highest BCUT2D eigenvalue weighted by molar-refractivity contribution is 7.80. The Morgan fingerprint density at radius 3 is 2.67 bits per heavy atom. The minimum atomic E-state index is -4.51. The molecule has 0 bridgehead atoms. The van der Waals surface area contributed by atoms with E-state index in [0.717, 1.165) is 6.07 Å². The highest BCUT2D eigenvalue weighted by atomic mass is 32.1. The van der Waals surface area contributed by atoms with Crippen molar-refractivity contribution in [3.05, 3.63) is 41.0 Å². The van der Waals surface area contributed by atoms with Crippen LogP contribution in [0.15, 0.2) is 22.7 Å². The van der Waals surface area contributed by atoms with Gasteiger partial charge in [0.15, 0.2) is 5.82 Å². The van der Waals surface area contributed by atoms with E-state index in [1.165, 1.54) is 12.1 Å². The molecule has 0 aliphatic carbocycles.